The second-order valence-corrected chi connectivity index (χ2v) is 9.14. The van der Waals surface area contributed by atoms with Crippen molar-refractivity contribution >= 4 is 67.6 Å². The van der Waals surface area contributed by atoms with Crippen LogP contribution in [0.15, 0.2) is 84.9 Å². The van der Waals surface area contributed by atoms with E-state index in [9.17, 15) is 5.26 Å². The van der Waals surface area contributed by atoms with Crippen LogP contribution < -0.4 is 4.74 Å². The molecule has 0 bridgehead atoms. The van der Waals surface area contributed by atoms with Gasteiger partial charge in [0.15, 0.2) is 0 Å². The number of ether oxygens (including phenoxy) is 1. The molecule has 0 amide bonds. The second kappa shape index (κ2) is 9.63. The molecule has 0 aliphatic rings. The van der Waals surface area contributed by atoms with Gasteiger partial charge in [0.05, 0.1) is 18.8 Å². The van der Waals surface area contributed by atoms with Crippen LogP contribution >= 0.6 is 45.2 Å². The zero-order valence-electron chi connectivity index (χ0n) is 16.0. The summed E-state index contributed by atoms with van der Waals surface area (Å²) in [6, 6.07) is 30.9. The zero-order valence-corrected chi connectivity index (χ0v) is 20.3. The largest absolute Gasteiger partial charge is 0.487 e. The molecule has 4 rings (SSSR count). The third-order valence-electron chi connectivity index (χ3n) is 4.74. The van der Waals surface area contributed by atoms with Crippen LogP contribution in [-0.4, -0.2) is 0 Å². The van der Waals surface area contributed by atoms with E-state index in [2.05, 4.69) is 99.8 Å². The van der Waals surface area contributed by atoms with E-state index >= 15 is 0 Å². The fraction of sp³-hybridized carbons (Fsp3) is 0.0385. The Kier molecular flexibility index (Phi) is 6.70. The SMILES string of the molecule is N#C/C(=C/c1cc(I)c(OCc2ccccc2)c(I)c1)c1ccc2ccccc2c1. The molecule has 0 N–H and O–H groups in total. The molecule has 0 aromatic heterocycles. The number of fused-ring (bicyclic) bond motifs is 1. The molecule has 146 valence electrons. The van der Waals surface area contributed by atoms with Crippen LogP contribution in [0.25, 0.3) is 22.4 Å². The van der Waals surface area contributed by atoms with Gasteiger partial charge < -0.3 is 4.74 Å². The fourth-order valence-corrected chi connectivity index (χ4v) is 5.36. The average molecular weight is 613 g/mol. The highest BCUT2D eigenvalue weighted by molar-refractivity contribution is 14.1. The molecular weight excluding hydrogens is 596 g/mol. The minimum Gasteiger partial charge on any atom is -0.487 e. The molecule has 0 atom stereocenters. The normalized spacial score (nSPS) is 11.3. The first kappa shape index (κ1) is 20.9. The first-order valence-corrected chi connectivity index (χ1v) is 11.6. The van der Waals surface area contributed by atoms with E-state index in [0.29, 0.717) is 12.2 Å². The average Bonchev–Trinajstić information content (AvgIpc) is 2.77. The van der Waals surface area contributed by atoms with Crippen molar-refractivity contribution in [2.24, 2.45) is 0 Å². The Bertz CT molecular complexity index is 1250. The summed E-state index contributed by atoms with van der Waals surface area (Å²) in [5, 5.41) is 12.1. The summed E-state index contributed by atoms with van der Waals surface area (Å²) in [4.78, 5) is 0. The minimum atomic E-state index is 0.530. The molecule has 0 spiro atoms. The van der Waals surface area contributed by atoms with E-state index in [4.69, 9.17) is 4.74 Å². The molecule has 0 saturated carbocycles. The number of nitriles is 1. The topological polar surface area (TPSA) is 33.0 Å². The molecule has 0 aliphatic heterocycles. The third-order valence-corrected chi connectivity index (χ3v) is 6.34. The highest BCUT2D eigenvalue weighted by Gasteiger charge is 2.10. The molecule has 0 radical (unpaired) electrons. The molecule has 4 aromatic carbocycles. The van der Waals surface area contributed by atoms with Crippen LogP contribution in [0.2, 0.25) is 0 Å². The van der Waals surface area contributed by atoms with Gasteiger partial charge in [0.2, 0.25) is 0 Å². The predicted molar refractivity (Wildman–Crippen MR) is 140 cm³/mol. The van der Waals surface area contributed by atoms with Crippen molar-refractivity contribution in [3.63, 3.8) is 0 Å². The number of benzene rings is 4. The van der Waals surface area contributed by atoms with Crippen LogP contribution in [0.4, 0.5) is 0 Å². The van der Waals surface area contributed by atoms with Crippen molar-refractivity contribution in [2.45, 2.75) is 6.61 Å². The van der Waals surface area contributed by atoms with E-state index in [-0.39, 0.29) is 0 Å². The van der Waals surface area contributed by atoms with E-state index < -0.39 is 0 Å². The summed E-state index contributed by atoms with van der Waals surface area (Å²) >= 11 is 4.59. The lowest BCUT2D eigenvalue weighted by Gasteiger charge is -2.12. The summed E-state index contributed by atoms with van der Waals surface area (Å²) in [6.07, 6.45) is 1.94. The number of rotatable bonds is 5. The Labute approximate surface area is 203 Å². The van der Waals surface area contributed by atoms with Crippen molar-refractivity contribution in [3.05, 3.63) is 109 Å². The summed E-state index contributed by atoms with van der Waals surface area (Å²) in [7, 11) is 0. The van der Waals surface area contributed by atoms with Gasteiger partial charge in [-0.1, -0.05) is 66.7 Å². The smallest absolute Gasteiger partial charge is 0.146 e. The van der Waals surface area contributed by atoms with E-state index in [1.165, 1.54) is 5.39 Å². The molecule has 30 heavy (non-hydrogen) atoms. The van der Waals surface area contributed by atoms with Crippen molar-refractivity contribution in [2.75, 3.05) is 0 Å². The van der Waals surface area contributed by atoms with Crippen LogP contribution in [0.3, 0.4) is 0 Å². The van der Waals surface area contributed by atoms with Crippen molar-refractivity contribution < 1.29 is 4.74 Å². The maximum atomic E-state index is 9.77. The highest BCUT2D eigenvalue weighted by atomic mass is 127. The Morgan fingerprint density at radius 2 is 1.50 bits per heavy atom. The number of hydrogen-bond acceptors (Lipinski definition) is 2. The summed E-state index contributed by atoms with van der Waals surface area (Å²) in [5.41, 5.74) is 3.69. The quantitative estimate of drug-likeness (QED) is 0.131. The van der Waals surface area contributed by atoms with Crippen molar-refractivity contribution in [1.29, 1.82) is 5.26 Å². The van der Waals surface area contributed by atoms with Crippen molar-refractivity contribution in [3.8, 4) is 11.8 Å². The van der Waals surface area contributed by atoms with Crippen LogP contribution in [0.1, 0.15) is 16.7 Å². The van der Waals surface area contributed by atoms with Gasteiger partial charge in [0, 0.05) is 0 Å². The Hall–Kier alpha value is -2.37. The molecule has 0 saturated heterocycles. The van der Waals surface area contributed by atoms with Gasteiger partial charge in [-0.3, -0.25) is 0 Å². The second-order valence-electron chi connectivity index (χ2n) is 6.82. The summed E-state index contributed by atoms with van der Waals surface area (Å²) in [5.74, 6) is 0.876. The molecule has 0 fully saturated rings. The van der Waals surface area contributed by atoms with Gasteiger partial charge in [-0.05, 0) is 96.9 Å². The summed E-state index contributed by atoms with van der Waals surface area (Å²) < 4.78 is 8.12. The number of allylic oxidation sites excluding steroid dienone is 1. The van der Waals surface area contributed by atoms with Crippen molar-refractivity contribution in [1.82, 2.24) is 0 Å². The van der Waals surface area contributed by atoms with E-state index in [1.54, 1.807) is 0 Å². The minimum absolute atomic E-state index is 0.530. The molecule has 0 unspecified atom stereocenters. The maximum absolute atomic E-state index is 9.77. The van der Waals surface area contributed by atoms with Crippen LogP contribution in [0, 0.1) is 18.5 Å². The zero-order chi connectivity index (χ0) is 20.9. The lowest BCUT2D eigenvalue weighted by molar-refractivity contribution is 0.302. The van der Waals surface area contributed by atoms with Gasteiger partial charge in [-0.15, -0.1) is 0 Å². The number of nitrogens with zero attached hydrogens (tertiary/aromatic N) is 1. The van der Waals surface area contributed by atoms with Gasteiger partial charge in [-0.2, -0.15) is 5.26 Å². The molecule has 4 heteroatoms. The van der Waals surface area contributed by atoms with E-state index in [0.717, 1.165) is 35.0 Å². The van der Waals surface area contributed by atoms with E-state index in [1.807, 2.05) is 42.5 Å². The first-order valence-electron chi connectivity index (χ1n) is 9.41. The standard InChI is InChI=1S/C26H17I2NO/c27-24-13-19(14-25(28)26(24)30-17-18-6-2-1-3-7-18)12-23(16-29)22-11-10-20-8-4-5-9-21(20)15-22/h1-15H,17H2/b23-12-. The molecule has 0 aliphatic carbocycles. The molecule has 4 aromatic rings. The first-order chi connectivity index (χ1) is 14.6. The number of halogens is 2. The predicted octanol–water partition coefficient (Wildman–Crippen LogP) is 7.69. The Balaban J connectivity index is 1.62. The van der Waals surface area contributed by atoms with Gasteiger partial charge in [0.25, 0.3) is 0 Å². The molecule has 0 heterocycles. The van der Waals surface area contributed by atoms with Crippen LogP contribution in [0.5, 0.6) is 5.75 Å². The van der Waals surface area contributed by atoms with Gasteiger partial charge >= 0.3 is 0 Å². The van der Waals surface area contributed by atoms with Gasteiger partial charge in [-0.25, -0.2) is 0 Å². The Morgan fingerprint density at radius 3 is 2.20 bits per heavy atom. The molecule has 2 nitrogen and oxygen atoms in total. The molecular formula is C26H17I2NO. The summed E-state index contributed by atoms with van der Waals surface area (Å²) in [6.45, 7) is 0.530. The Morgan fingerprint density at radius 1 is 0.833 bits per heavy atom. The van der Waals surface area contributed by atoms with Gasteiger partial charge in [0.1, 0.15) is 12.4 Å². The lowest BCUT2D eigenvalue weighted by atomic mass is 10.0. The number of hydrogen-bond donors (Lipinski definition) is 0. The van der Waals surface area contributed by atoms with Crippen LogP contribution in [-0.2, 0) is 6.61 Å². The monoisotopic (exact) mass is 613 g/mol. The third kappa shape index (κ3) is 4.85. The fourth-order valence-electron chi connectivity index (χ4n) is 3.23. The lowest BCUT2D eigenvalue weighted by Crippen LogP contribution is -1.99. The maximum Gasteiger partial charge on any atom is 0.146 e. The highest BCUT2D eigenvalue weighted by Crippen LogP contribution is 2.31.